The molecule has 11 heavy (non-hydrogen) atoms. The summed E-state index contributed by atoms with van der Waals surface area (Å²) in [6.45, 7) is 1.44. The van der Waals surface area contributed by atoms with Crippen LogP contribution >= 0.6 is 12.4 Å². The molecule has 0 aromatic carbocycles. The molecule has 0 aromatic rings. The summed E-state index contributed by atoms with van der Waals surface area (Å²) in [6.07, 6.45) is -0.00694. The maximum Gasteiger partial charge on any atom is 0.261 e. The van der Waals surface area contributed by atoms with Crippen LogP contribution in [0.3, 0.4) is 0 Å². The lowest BCUT2D eigenvalue weighted by Gasteiger charge is -2.13. The Morgan fingerprint density at radius 2 is 2.09 bits per heavy atom. The summed E-state index contributed by atoms with van der Waals surface area (Å²) >= 11 is 0. The van der Waals surface area contributed by atoms with Gasteiger partial charge in [0, 0.05) is 26.1 Å². The van der Waals surface area contributed by atoms with Crippen molar-refractivity contribution < 1.29 is 8.78 Å². The smallest absolute Gasteiger partial charge is 0.261 e. The topological polar surface area (TPSA) is 29.3 Å². The van der Waals surface area contributed by atoms with Crippen LogP contribution in [0.4, 0.5) is 8.78 Å². The number of nitrogens with two attached hydrogens (primary N) is 1. The van der Waals surface area contributed by atoms with Crippen LogP contribution in [0, 0.1) is 0 Å². The molecule has 0 atom stereocenters. The predicted octanol–water partition coefficient (Wildman–Crippen LogP) is 0.708. The van der Waals surface area contributed by atoms with E-state index in [2.05, 4.69) is 0 Å². The standard InChI is InChI=1S/C6H12F2N2.ClH/c7-6(8)1-3-10(5-6)4-2-9;/h1-5,9H2;1H. The fourth-order valence-electron chi connectivity index (χ4n) is 1.18. The van der Waals surface area contributed by atoms with Crippen molar-refractivity contribution in [1.29, 1.82) is 0 Å². The molecule has 2 N–H and O–H groups in total. The van der Waals surface area contributed by atoms with Crippen LogP contribution in [0.1, 0.15) is 6.42 Å². The van der Waals surface area contributed by atoms with Crippen molar-refractivity contribution in [1.82, 2.24) is 4.90 Å². The maximum atomic E-state index is 12.4. The van der Waals surface area contributed by atoms with E-state index in [9.17, 15) is 8.78 Å². The van der Waals surface area contributed by atoms with Gasteiger partial charge in [-0.1, -0.05) is 0 Å². The maximum absolute atomic E-state index is 12.4. The van der Waals surface area contributed by atoms with Crippen molar-refractivity contribution in [2.75, 3.05) is 26.2 Å². The Hall–Kier alpha value is 0.0700. The van der Waals surface area contributed by atoms with Gasteiger partial charge in [0.15, 0.2) is 0 Å². The molecule has 0 amide bonds. The summed E-state index contributed by atoms with van der Waals surface area (Å²) in [4.78, 5) is 1.69. The van der Waals surface area contributed by atoms with Crippen molar-refractivity contribution in [2.24, 2.45) is 5.73 Å². The summed E-state index contributed by atoms with van der Waals surface area (Å²) in [5.41, 5.74) is 5.21. The van der Waals surface area contributed by atoms with Gasteiger partial charge >= 0.3 is 0 Å². The summed E-state index contributed by atoms with van der Waals surface area (Å²) in [7, 11) is 0. The molecule has 1 fully saturated rings. The monoisotopic (exact) mass is 186 g/mol. The minimum absolute atomic E-state index is 0. The third-order valence-electron chi connectivity index (χ3n) is 1.69. The highest BCUT2D eigenvalue weighted by molar-refractivity contribution is 5.85. The van der Waals surface area contributed by atoms with E-state index in [1.165, 1.54) is 0 Å². The number of hydrogen-bond acceptors (Lipinski definition) is 2. The quantitative estimate of drug-likeness (QED) is 0.688. The van der Waals surface area contributed by atoms with Gasteiger partial charge in [-0.15, -0.1) is 12.4 Å². The number of hydrogen-bond donors (Lipinski definition) is 1. The Labute approximate surface area is 71.1 Å². The van der Waals surface area contributed by atoms with E-state index < -0.39 is 5.92 Å². The van der Waals surface area contributed by atoms with Gasteiger partial charge in [0.1, 0.15) is 0 Å². The van der Waals surface area contributed by atoms with E-state index in [0.717, 1.165) is 0 Å². The zero-order valence-electron chi connectivity index (χ0n) is 6.22. The van der Waals surface area contributed by atoms with Crippen LogP contribution in [0.5, 0.6) is 0 Å². The van der Waals surface area contributed by atoms with Gasteiger partial charge in [0.05, 0.1) is 6.54 Å². The summed E-state index contributed by atoms with van der Waals surface area (Å²) in [6, 6.07) is 0. The Kier molecular flexibility index (Phi) is 4.21. The highest BCUT2D eigenvalue weighted by atomic mass is 35.5. The van der Waals surface area contributed by atoms with Crippen LogP contribution < -0.4 is 5.73 Å². The van der Waals surface area contributed by atoms with E-state index in [4.69, 9.17) is 5.73 Å². The molecule has 1 heterocycles. The SMILES string of the molecule is Cl.NCCN1CCC(F)(F)C1. The Balaban J connectivity index is 0.000001000. The Morgan fingerprint density at radius 1 is 1.45 bits per heavy atom. The van der Waals surface area contributed by atoms with Crippen LogP contribution in [0.15, 0.2) is 0 Å². The van der Waals surface area contributed by atoms with Gasteiger partial charge in [-0.05, 0) is 0 Å². The largest absolute Gasteiger partial charge is 0.329 e. The van der Waals surface area contributed by atoms with Crippen molar-refractivity contribution in [2.45, 2.75) is 12.3 Å². The molecule has 1 rings (SSSR count). The van der Waals surface area contributed by atoms with Gasteiger partial charge in [-0.3, -0.25) is 4.90 Å². The molecule has 0 unspecified atom stereocenters. The molecule has 0 spiro atoms. The van der Waals surface area contributed by atoms with Gasteiger partial charge in [-0.2, -0.15) is 0 Å². The number of rotatable bonds is 2. The minimum atomic E-state index is -2.46. The Morgan fingerprint density at radius 3 is 2.45 bits per heavy atom. The van der Waals surface area contributed by atoms with Crippen LogP contribution in [-0.2, 0) is 0 Å². The molecule has 0 radical (unpaired) electrons. The molecule has 1 aliphatic heterocycles. The van der Waals surface area contributed by atoms with Gasteiger partial charge in [0.2, 0.25) is 0 Å². The van der Waals surface area contributed by atoms with Crippen LogP contribution in [0.25, 0.3) is 0 Å². The number of halogens is 3. The average Bonchev–Trinajstić information content (AvgIpc) is 2.12. The number of nitrogens with zero attached hydrogens (tertiary/aromatic N) is 1. The first-order valence-electron chi connectivity index (χ1n) is 3.44. The fourth-order valence-corrected chi connectivity index (χ4v) is 1.18. The molecule has 5 heteroatoms. The number of alkyl halides is 2. The first-order chi connectivity index (χ1) is 4.64. The summed E-state index contributed by atoms with van der Waals surface area (Å²) < 4.78 is 24.9. The second kappa shape index (κ2) is 4.18. The van der Waals surface area contributed by atoms with Crippen molar-refractivity contribution in [3.8, 4) is 0 Å². The van der Waals surface area contributed by atoms with E-state index >= 15 is 0 Å². The zero-order valence-corrected chi connectivity index (χ0v) is 7.04. The average molecular weight is 187 g/mol. The number of likely N-dealkylation sites (tertiary alicyclic amines) is 1. The van der Waals surface area contributed by atoms with Crippen molar-refractivity contribution in [3.63, 3.8) is 0 Å². The predicted molar refractivity (Wildman–Crippen MR) is 42.3 cm³/mol. The van der Waals surface area contributed by atoms with Gasteiger partial charge in [0.25, 0.3) is 5.92 Å². The first-order valence-corrected chi connectivity index (χ1v) is 3.44. The second-order valence-electron chi connectivity index (χ2n) is 2.67. The molecule has 0 aromatic heterocycles. The third kappa shape index (κ3) is 3.31. The molecule has 1 saturated heterocycles. The van der Waals surface area contributed by atoms with Gasteiger partial charge in [-0.25, -0.2) is 8.78 Å². The highest BCUT2D eigenvalue weighted by Gasteiger charge is 2.37. The molecule has 0 bridgehead atoms. The third-order valence-corrected chi connectivity index (χ3v) is 1.69. The molecule has 2 nitrogen and oxygen atoms in total. The summed E-state index contributed by atoms with van der Waals surface area (Å²) in [5.74, 6) is -2.46. The lowest BCUT2D eigenvalue weighted by Crippen LogP contribution is -2.29. The lowest BCUT2D eigenvalue weighted by atomic mass is 10.3. The fraction of sp³-hybridized carbons (Fsp3) is 1.00. The second-order valence-corrected chi connectivity index (χ2v) is 2.67. The molecule has 0 saturated carbocycles. The molecular weight excluding hydrogens is 174 g/mol. The van der Waals surface area contributed by atoms with E-state index in [-0.39, 0.29) is 25.4 Å². The van der Waals surface area contributed by atoms with E-state index in [1.54, 1.807) is 4.90 Å². The van der Waals surface area contributed by atoms with E-state index in [1.807, 2.05) is 0 Å². The van der Waals surface area contributed by atoms with Crippen molar-refractivity contribution >= 4 is 12.4 Å². The normalized spacial score (nSPS) is 23.2. The molecular formula is C6H13ClF2N2. The Bertz CT molecular complexity index is 121. The van der Waals surface area contributed by atoms with Crippen LogP contribution in [0.2, 0.25) is 0 Å². The van der Waals surface area contributed by atoms with Crippen LogP contribution in [-0.4, -0.2) is 37.0 Å². The van der Waals surface area contributed by atoms with E-state index in [0.29, 0.717) is 19.6 Å². The zero-order chi connectivity index (χ0) is 7.61. The molecule has 1 aliphatic rings. The van der Waals surface area contributed by atoms with Crippen molar-refractivity contribution in [3.05, 3.63) is 0 Å². The molecule has 68 valence electrons. The van der Waals surface area contributed by atoms with Gasteiger partial charge < -0.3 is 5.73 Å². The lowest BCUT2D eigenvalue weighted by molar-refractivity contribution is 0.0125. The summed E-state index contributed by atoms with van der Waals surface area (Å²) in [5, 5.41) is 0. The first kappa shape index (κ1) is 11.1. The molecule has 0 aliphatic carbocycles. The minimum Gasteiger partial charge on any atom is -0.329 e. The highest BCUT2D eigenvalue weighted by Crippen LogP contribution is 2.25.